The van der Waals surface area contributed by atoms with Crippen molar-refractivity contribution < 1.29 is 18.5 Å². The summed E-state index contributed by atoms with van der Waals surface area (Å²) in [6.07, 6.45) is 1.56. The smallest absolute Gasteiger partial charge is 0.331 e. The SMILES string of the molecule is O=C(N1CC2CCC(C1)N2c1ccc(F)c(F)c1)n1c(=O)ccc2cc([N+](=O)[O-])ccc21. The summed E-state index contributed by atoms with van der Waals surface area (Å²) in [4.78, 5) is 40.0. The Balaban J connectivity index is 1.46. The summed E-state index contributed by atoms with van der Waals surface area (Å²) in [5.74, 6) is -1.83. The Labute approximate surface area is 180 Å². The van der Waals surface area contributed by atoms with Crippen LogP contribution in [0.4, 0.5) is 25.0 Å². The van der Waals surface area contributed by atoms with E-state index in [1.54, 1.807) is 4.90 Å². The van der Waals surface area contributed by atoms with Crippen LogP contribution in [0.25, 0.3) is 10.9 Å². The van der Waals surface area contributed by atoms with Gasteiger partial charge in [0.2, 0.25) is 0 Å². The second-order valence-electron chi connectivity index (χ2n) is 8.09. The maximum Gasteiger partial charge on any atom is 0.331 e. The van der Waals surface area contributed by atoms with Crippen molar-refractivity contribution in [3.8, 4) is 0 Å². The standard InChI is InChI=1S/C22H18F2N4O4/c23-18-6-4-14(10-19(18)24)26-16-2-3-17(26)12-25(11-16)22(30)27-20-7-5-15(28(31)32)9-13(20)1-8-21(27)29/h1,4-10,16-17H,2-3,11-12H2. The van der Waals surface area contributed by atoms with Gasteiger partial charge in [-0.3, -0.25) is 14.9 Å². The number of anilines is 1. The van der Waals surface area contributed by atoms with Crippen molar-refractivity contribution in [2.75, 3.05) is 18.0 Å². The first-order valence-electron chi connectivity index (χ1n) is 10.2. The quantitative estimate of drug-likeness (QED) is 0.450. The average Bonchev–Trinajstić information content (AvgIpc) is 3.03. The first-order valence-corrected chi connectivity index (χ1v) is 10.2. The van der Waals surface area contributed by atoms with Crippen LogP contribution in [0, 0.1) is 21.7 Å². The van der Waals surface area contributed by atoms with E-state index in [1.165, 1.54) is 42.5 Å². The van der Waals surface area contributed by atoms with Gasteiger partial charge in [-0.15, -0.1) is 0 Å². The third kappa shape index (κ3) is 3.19. The first kappa shape index (κ1) is 20.1. The number of nitrogens with zero attached hydrogens (tertiary/aromatic N) is 4. The molecule has 2 bridgehead atoms. The number of pyridine rings is 1. The minimum atomic E-state index is -0.920. The van der Waals surface area contributed by atoms with Crippen molar-refractivity contribution in [2.24, 2.45) is 0 Å². The third-order valence-corrected chi connectivity index (χ3v) is 6.23. The summed E-state index contributed by atoms with van der Waals surface area (Å²) in [5, 5.41) is 11.5. The number of hydrogen-bond acceptors (Lipinski definition) is 5. The number of nitro groups is 1. The van der Waals surface area contributed by atoms with Crippen LogP contribution in [-0.2, 0) is 0 Å². The van der Waals surface area contributed by atoms with Crippen LogP contribution in [0.15, 0.2) is 53.3 Å². The lowest BCUT2D eigenvalue weighted by atomic mass is 10.1. The van der Waals surface area contributed by atoms with Gasteiger partial charge in [0.1, 0.15) is 0 Å². The summed E-state index contributed by atoms with van der Waals surface area (Å²) >= 11 is 0. The lowest BCUT2D eigenvalue weighted by Gasteiger charge is -2.42. The van der Waals surface area contributed by atoms with Crippen LogP contribution >= 0.6 is 0 Å². The topological polar surface area (TPSA) is 88.7 Å². The molecule has 0 aliphatic carbocycles. The number of carbonyl (C=O) groups excluding carboxylic acids is 1. The second kappa shape index (κ2) is 7.40. The van der Waals surface area contributed by atoms with Gasteiger partial charge in [0, 0.05) is 60.5 Å². The molecule has 0 radical (unpaired) electrons. The molecule has 0 saturated carbocycles. The van der Waals surface area contributed by atoms with Gasteiger partial charge in [0.25, 0.3) is 11.2 Å². The highest BCUT2D eigenvalue weighted by Crippen LogP contribution is 2.35. The van der Waals surface area contributed by atoms with Crippen LogP contribution in [0.2, 0.25) is 0 Å². The van der Waals surface area contributed by atoms with E-state index in [4.69, 9.17) is 0 Å². The lowest BCUT2D eigenvalue weighted by molar-refractivity contribution is -0.384. The predicted molar refractivity (Wildman–Crippen MR) is 113 cm³/mol. The predicted octanol–water partition coefficient (Wildman–Crippen LogP) is 3.51. The van der Waals surface area contributed by atoms with Gasteiger partial charge in [-0.25, -0.2) is 18.1 Å². The van der Waals surface area contributed by atoms with E-state index >= 15 is 0 Å². The largest absolute Gasteiger partial charge is 0.362 e. The highest BCUT2D eigenvalue weighted by atomic mass is 19.2. The van der Waals surface area contributed by atoms with Gasteiger partial charge in [-0.2, -0.15) is 0 Å². The fourth-order valence-corrected chi connectivity index (χ4v) is 4.81. The molecular weight excluding hydrogens is 422 g/mol. The minimum absolute atomic E-state index is 0.0886. The molecule has 5 rings (SSSR count). The van der Waals surface area contributed by atoms with Crippen molar-refractivity contribution in [3.63, 3.8) is 0 Å². The van der Waals surface area contributed by atoms with E-state index in [0.29, 0.717) is 29.7 Å². The number of aromatic nitrogens is 1. The number of rotatable bonds is 2. The molecule has 3 aromatic rings. The molecule has 10 heteroatoms. The molecule has 2 saturated heterocycles. The molecule has 2 aromatic carbocycles. The van der Waals surface area contributed by atoms with E-state index in [0.717, 1.165) is 23.5 Å². The lowest BCUT2D eigenvalue weighted by Crippen LogP contribution is -2.57. The Hall–Kier alpha value is -3.82. The zero-order chi connectivity index (χ0) is 22.6. The van der Waals surface area contributed by atoms with Gasteiger partial charge < -0.3 is 9.80 Å². The summed E-state index contributed by atoms with van der Waals surface area (Å²) < 4.78 is 28.1. The number of nitro benzene ring substituents is 1. The molecule has 2 unspecified atom stereocenters. The molecule has 0 spiro atoms. The van der Waals surface area contributed by atoms with Crippen LogP contribution in [0.5, 0.6) is 0 Å². The third-order valence-electron chi connectivity index (χ3n) is 6.23. The Morgan fingerprint density at radius 3 is 2.34 bits per heavy atom. The fourth-order valence-electron chi connectivity index (χ4n) is 4.81. The number of likely N-dealkylation sites (tertiary alicyclic amines) is 1. The summed E-state index contributed by atoms with van der Waals surface area (Å²) in [7, 11) is 0. The molecular formula is C22H18F2N4O4. The van der Waals surface area contributed by atoms with Crippen molar-refractivity contribution in [2.45, 2.75) is 24.9 Å². The molecule has 1 amide bonds. The number of halogens is 2. The monoisotopic (exact) mass is 440 g/mol. The number of carbonyl (C=O) groups is 1. The molecule has 32 heavy (non-hydrogen) atoms. The minimum Gasteiger partial charge on any atom is -0.362 e. The van der Waals surface area contributed by atoms with Crippen LogP contribution < -0.4 is 10.5 Å². The van der Waals surface area contributed by atoms with Gasteiger partial charge in [0.15, 0.2) is 11.6 Å². The van der Waals surface area contributed by atoms with Crippen molar-refractivity contribution in [1.82, 2.24) is 9.47 Å². The maximum absolute atomic E-state index is 13.8. The number of benzene rings is 2. The van der Waals surface area contributed by atoms with Crippen LogP contribution in [0.3, 0.4) is 0 Å². The molecule has 2 aliphatic heterocycles. The number of hydrogen-bond donors (Lipinski definition) is 0. The Bertz CT molecular complexity index is 1310. The Kier molecular flexibility index (Phi) is 4.65. The van der Waals surface area contributed by atoms with Gasteiger partial charge in [0.05, 0.1) is 10.4 Å². The highest BCUT2D eigenvalue weighted by Gasteiger charge is 2.42. The molecule has 2 fully saturated rings. The average molecular weight is 440 g/mol. The van der Waals surface area contributed by atoms with Gasteiger partial charge in [-0.1, -0.05) is 0 Å². The van der Waals surface area contributed by atoms with Gasteiger partial charge >= 0.3 is 6.03 Å². The zero-order valence-electron chi connectivity index (χ0n) is 16.8. The molecule has 0 N–H and O–H groups in total. The number of non-ortho nitro benzene ring substituents is 1. The van der Waals surface area contributed by atoms with Crippen LogP contribution in [0.1, 0.15) is 12.8 Å². The summed E-state index contributed by atoms with van der Waals surface area (Å²) in [6.45, 7) is 0.647. The molecule has 164 valence electrons. The van der Waals surface area contributed by atoms with E-state index < -0.39 is 28.1 Å². The number of amides is 1. The Morgan fingerprint density at radius 1 is 0.969 bits per heavy atom. The zero-order valence-corrected chi connectivity index (χ0v) is 16.8. The van der Waals surface area contributed by atoms with Crippen molar-refractivity contribution in [3.05, 3.63) is 80.6 Å². The number of fused-ring (bicyclic) bond motifs is 3. The van der Waals surface area contributed by atoms with E-state index in [-0.39, 0.29) is 17.8 Å². The molecule has 1 aromatic heterocycles. The first-order chi connectivity index (χ1) is 15.3. The fraction of sp³-hybridized carbons (Fsp3) is 0.273. The summed E-state index contributed by atoms with van der Waals surface area (Å²) in [5.41, 5.74) is 0.210. The van der Waals surface area contributed by atoms with Crippen LogP contribution in [-0.4, -0.2) is 45.6 Å². The number of piperazine rings is 1. The van der Waals surface area contributed by atoms with Gasteiger partial charge in [-0.05, 0) is 37.1 Å². The highest BCUT2D eigenvalue weighted by molar-refractivity contribution is 5.91. The van der Waals surface area contributed by atoms with Crippen molar-refractivity contribution >= 4 is 28.3 Å². The normalized spacial score (nSPS) is 20.1. The van der Waals surface area contributed by atoms with E-state index in [2.05, 4.69) is 0 Å². The Morgan fingerprint density at radius 2 is 1.69 bits per heavy atom. The molecule has 3 heterocycles. The summed E-state index contributed by atoms with van der Waals surface area (Å²) in [6, 6.07) is 9.77. The maximum atomic E-state index is 13.8. The van der Waals surface area contributed by atoms with Crippen molar-refractivity contribution in [1.29, 1.82) is 0 Å². The van der Waals surface area contributed by atoms with E-state index in [1.807, 2.05) is 4.90 Å². The second-order valence-corrected chi connectivity index (χ2v) is 8.09. The molecule has 2 aliphatic rings. The molecule has 2 atom stereocenters. The van der Waals surface area contributed by atoms with E-state index in [9.17, 15) is 28.5 Å². The molecule has 8 nitrogen and oxygen atoms in total.